The fraction of sp³-hybridized carbons (Fsp3) is 0. The third-order valence-corrected chi connectivity index (χ3v) is 0. The summed E-state index contributed by atoms with van der Waals surface area (Å²) in [5.41, 5.74) is 0. The minimum absolute atomic E-state index is 0. The van der Waals surface area contributed by atoms with E-state index in [0.717, 1.165) is 0 Å². The van der Waals surface area contributed by atoms with Gasteiger partial charge in [0.05, 0.1) is 0 Å². The van der Waals surface area contributed by atoms with Gasteiger partial charge in [-0.25, -0.2) is 4.57 Å². The standard InChI is InChI=1S/B.2H3N.H3O4P/c;;;1-5(2,3)4/h;2*1H3;(H3,1,2,3,4). The normalized spacial score (nSPS) is 7.38. The van der Waals surface area contributed by atoms with Gasteiger partial charge in [-0.05, 0) is 0 Å². The lowest BCUT2D eigenvalue weighted by molar-refractivity contribution is 0.275. The molecule has 8 heteroatoms. The largest absolute Gasteiger partial charge is 0.466 e. The van der Waals surface area contributed by atoms with E-state index in [9.17, 15) is 0 Å². The molecule has 0 amide bonds. The van der Waals surface area contributed by atoms with Crippen molar-refractivity contribution in [1.29, 1.82) is 0 Å². The highest BCUT2D eigenvalue weighted by atomic mass is 31.2. The zero-order valence-electron chi connectivity index (χ0n) is 4.19. The molecule has 3 radical (unpaired) electrons. The molecular formula is H9BN2O4P. The van der Waals surface area contributed by atoms with Gasteiger partial charge in [-0.1, -0.05) is 0 Å². The topological polar surface area (TPSA) is 148 Å². The van der Waals surface area contributed by atoms with E-state index >= 15 is 0 Å². The molecule has 0 unspecified atom stereocenters. The van der Waals surface area contributed by atoms with Gasteiger partial charge in [0.25, 0.3) is 0 Å². The van der Waals surface area contributed by atoms with Crippen LogP contribution in [0.3, 0.4) is 0 Å². The van der Waals surface area contributed by atoms with Crippen LogP contribution in [0.2, 0.25) is 0 Å². The molecule has 0 saturated heterocycles. The number of hydrogen-bond acceptors (Lipinski definition) is 3. The summed E-state index contributed by atoms with van der Waals surface area (Å²) in [6.07, 6.45) is 0. The Morgan fingerprint density at radius 3 is 1.00 bits per heavy atom. The van der Waals surface area contributed by atoms with Crippen LogP contribution in [0.25, 0.3) is 0 Å². The van der Waals surface area contributed by atoms with E-state index in [1.54, 1.807) is 0 Å². The van der Waals surface area contributed by atoms with Crippen LogP contribution in [-0.2, 0) is 4.57 Å². The van der Waals surface area contributed by atoms with Crippen LogP contribution in [0.15, 0.2) is 0 Å². The first-order chi connectivity index (χ1) is 2.00. The summed E-state index contributed by atoms with van der Waals surface area (Å²) in [6, 6.07) is 0. The lowest BCUT2D eigenvalue weighted by Crippen LogP contribution is -1.66. The molecular weight excluding hydrogens is 134 g/mol. The molecule has 0 aromatic rings. The van der Waals surface area contributed by atoms with Crippen LogP contribution in [0.5, 0.6) is 0 Å². The monoisotopic (exact) mass is 143 g/mol. The van der Waals surface area contributed by atoms with Crippen molar-refractivity contribution in [1.82, 2.24) is 12.3 Å². The maximum atomic E-state index is 8.88. The number of rotatable bonds is 0. The third-order valence-electron chi connectivity index (χ3n) is 0. The van der Waals surface area contributed by atoms with Gasteiger partial charge in [0.15, 0.2) is 0 Å². The SMILES string of the molecule is N.N.O=P(O)(O)O.[B]. The van der Waals surface area contributed by atoms with Crippen molar-refractivity contribution in [2.24, 2.45) is 0 Å². The highest BCUT2D eigenvalue weighted by Gasteiger charge is 2.00. The van der Waals surface area contributed by atoms with E-state index in [1.165, 1.54) is 0 Å². The van der Waals surface area contributed by atoms with E-state index < -0.39 is 7.82 Å². The van der Waals surface area contributed by atoms with E-state index in [2.05, 4.69) is 0 Å². The summed E-state index contributed by atoms with van der Waals surface area (Å²) in [5, 5.41) is 0. The molecule has 0 fully saturated rings. The maximum absolute atomic E-state index is 8.88. The van der Waals surface area contributed by atoms with Crippen molar-refractivity contribution in [3.8, 4) is 0 Å². The van der Waals surface area contributed by atoms with Crippen LogP contribution in [0.1, 0.15) is 0 Å². The molecule has 0 spiro atoms. The third kappa shape index (κ3) is 17600. The second-order valence-electron chi connectivity index (χ2n) is 0.513. The number of hydrogen-bond donors (Lipinski definition) is 5. The summed E-state index contributed by atoms with van der Waals surface area (Å²) >= 11 is 0. The Kier molecular flexibility index (Phi) is 21.6. The average molecular weight is 143 g/mol. The molecule has 0 rings (SSSR count). The molecule has 9 N–H and O–H groups in total. The summed E-state index contributed by atoms with van der Waals surface area (Å²) in [6.45, 7) is 0. The molecule has 0 aliphatic rings. The first-order valence-corrected chi connectivity index (χ1v) is 2.35. The van der Waals surface area contributed by atoms with Gasteiger partial charge in [0, 0.05) is 8.41 Å². The van der Waals surface area contributed by atoms with E-state index in [1.807, 2.05) is 0 Å². The molecule has 0 saturated carbocycles. The molecule has 0 aromatic carbocycles. The van der Waals surface area contributed by atoms with Gasteiger partial charge >= 0.3 is 7.82 Å². The fourth-order valence-electron chi connectivity index (χ4n) is 0. The number of phosphoric acid groups is 1. The highest BCUT2D eigenvalue weighted by Crippen LogP contribution is 2.25. The Morgan fingerprint density at radius 2 is 1.00 bits per heavy atom. The van der Waals surface area contributed by atoms with E-state index in [-0.39, 0.29) is 20.7 Å². The van der Waals surface area contributed by atoms with E-state index in [4.69, 9.17) is 19.2 Å². The Bertz CT molecular complexity index is 60.2. The van der Waals surface area contributed by atoms with Gasteiger partial charge < -0.3 is 27.0 Å². The van der Waals surface area contributed by atoms with E-state index in [0.29, 0.717) is 0 Å². The summed E-state index contributed by atoms with van der Waals surface area (Å²) < 4.78 is 8.88. The molecule has 8 heavy (non-hydrogen) atoms. The second-order valence-corrected chi connectivity index (χ2v) is 1.54. The van der Waals surface area contributed by atoms with Crippen LogP contribution < -0.4 is 12.3 Å². The maximum Gasteiger partial charge on any atom is 0.466 e. The Morgan fingerprint density at radius 1 is 1.00 bits per heavy atom. The first-order valence-electron chi connectivity index (χ1n) is 0.783. The molecule has 0 aliphatic carbocycles. The zero-order valence-corrected chi connectivity index (χ0v) is 5.08. The van der Waals surface area contributed by atoms with Gasteiger partial charge in [-0.15, -0.1) is 0 Å². The molecule has 0 heterocycles. The lowest BCUT2D eigenvalue weighted by atomic mass is 10.8. The summed E-state index contributed by atoms with van der Waals surface area (Å²) in [5.74, 6) is 0. The van der Waals surface area contributed by atoms with Gasteiger partial charge in [-0.2, -0.15) is 0 Å². The predicted octanol–water partition coefficient (Wildman–Crippen LogP) is -0.985. The van der Waals surface area contributed by atoms with Crippen molar-refractivity contribution in [3.05, 3.63) is 0 Å². The quantitative estimate of drug-likeness (QED) is 0.217. The molecule has 0 aromatic heterocycles. The highest BCUT2D eigenvalue weighted by molar-refractivity contribution is 7.45. The minimum Gasteiger partial charge on any atom is -0.344 e. The Labute approximate surface area is 48.9 Å². The zero-order chi connectivity index (χ0) is 4.50. The summed E-state index contributed by atoms with van der Waals surface area (Å²) in [7, 11) is -4.64. The molecule has 0 bridgehead atoms. The molecule has 6 nitrogen and oxygen atoms in total. The van der Waals surface area contributed by atoms with Gasteiger partial charge in [-0.3, -0.25) is 0 Å². The Hall–Kier alpha value is 0.0949. The van der Waals surface area contributed by atoms with Crippen molar-refractivity contribution in [2.75, 3.05) is 0 Å². The molecule has 0 atom stereocenters. The molecule has 51 valence electrons. The average Bonchev–Trinajstić information content (AvgIpc) is 0.722. The summed E-state index contributed by atoms with van der Waals surface area (Å²) in [4.78, 5) is 21.6. The van der Waals surface area contributed by atoms with Gasteiger partial charge in [0.2, 0.25) is 0 Å². The van der Waals surface area contributed by atoms with Crippen LogP contribution in [-0.4, -0.2) is 23.1 Å². The van der Waals surface area contributed by atoms with Gasteiger partial charge in [0.1, 0.15) is 0 Å². The fourth-order valence-corrected chi connectivity index (χ4v) is 0. The van der Waals surface area contributed by atoms with Crippen molar-refractivity contribution < 1.29 is 19.2 Å². The van der Waals surface area contributed by atoms with Crippen molar-refractivity contribution in [2.45, 2.75) is 0 Å². The lowest BCUT2D eigenvalue weighted by Gasteiger charge is -1.82. The van der Waals surface area contributed by atoms with Crippen LogP contribution >= 0.6 is 7.82 Å². The van der Waals surface area contributed by atoms with Crippen molar-refractivity contribution >= 4 is 16.2 Å². The predicted molar refractivity (Wildman–Crippen MR) is 30.1 cm³/mol. The second kappa shape index (κ2) is 7.09. The minimum atomic E-state index is -4.64. The Balaban J connectivity index is -0.0000000267. The van der Waals surface area contributed by atoms with Crippen LogP contribution in [0, 0.1) is 0 Å². The van der Waals surface area contributed by atoms with Crippen LogP contribution in [0.4, 0.5) is 0 Å². The smallest absolute Gasteiger partial charge is 0.344 e. The molecule has 0 aliphatic heterocycles. The first kappa shape index (κ1) is 24.3. The van der Waals surface area contributed by atoms with Crippen molar-refractivity contribution in [3.63, 3.8) is 0 Å².